The van der Waals surface area contributed by atoms with E-state index in [0.717, 1.165) is 21.2 Å². The van der Waals surface area contributed by atoms with Gasteiger partial charge in [0.25, 0.3) is 11.8 Å². The molecule has 49 heavy (non-hydrogen) atoms. The summed E-state index contributed by atoms with van der Waals surface area (Å²) >= 11 is 0. The largest absolute Gasteiger partial charge is 1.00 e. The average molecular weight is 697 g/mol. The van der Waals surface area contributed by atoms with Crippen LogP contribution in [0.1, 0.15) is 59.4 Å². The molecule has 0 radical (unpaired) electrons. The predicted octanol–water partition coefficient (Wildman–Crippen LogP) is 0.636. The van der Waals surface area contributed by atoms with Crippen molar-refractivity contribution >= 4 is 53.0 Å². The van der Waals surface area contributed by atoms with E-state index in [1.807, 2.05) is 50.2 Å². The third kappa shape index (κ3) is 7.56. The van der Waals surface area contributed by atoms with Crippen molar-refractivity contribution in [2.24, 2.45) is 17.8 Å². The number of nitrogens with zero attached hydrogens (tertiary/aromatic N) is 1. The molecule has 0 aliphatic carbocycles. The summed E-state index contributed by atoms with van der Waals surface area (Å²) < 4.78 is 12.9. The van der Waals surface area contributed by atoms with E-state index < -0.39 is 61.0 Å². The molecular formula is C35H38N4NaO8P. The van der Waals surface area contributed by atoms with Crippen molar-refractivity contribution in [2.45, 2.75) is 57.4 Å². The number of nitrogens with one attached hydrogen (secondary N) is 3. The van der Waals surface area contributed by atoms with Gasteiger partial charge in [-0.1, -0.05) is 56.3 Å². The zero-order valence-electron chi connectivity index (χ0n) is 27.6. The molecule has 1 unspecified atom stereocenters. The third-order valence-corrected chi connectivity index (χ3v) is 10.9. The number of carbonyl (C=O) groups excluding carboxylic acids is 3. The number of carbonyl (C=O) groups is 4. The van der Waals surface area contributed by atoms with Gasteiger partial charge in [0, 0.05) is 46.6 Å². The number of aromatic nitrogens is 1. The number of piperidine rings is 1. The van der Waals surface area contributed by atoms with Crippen LogP contribution in [0.25, 0.3) is 21.7 Å². The van der Waals surface area contributed by atoms with Crippen LogP contribution in [0.2, 0.25) is 0 Å². The van der Waals surface area contributed by atoms with Crippen molar-refractivity contribution in [3.05, 3.63) is 83.6 Å². The molecule has 1 saturated heterocycles. The fraction of sp³-hybridized carbons (Fsp3) is 0.371. The van der Waals surface area contributed by atoms with Gasteiger partial charge in [0.05, 0.1) is 11.8 Å². The number of carboxylic acids is 1. The number of hydrogen-bond donors (Lipinski definition) is 5. The van der Waals surface area contributed by atoms with Gasteiger partial charge in [-0.3, -0.25) is 24.6 Å². The van der Waals surface area contributed by atoms with E-state index in [1.54, 1.807) is 30.5 Å². The van der Waals surface area contributed by atoms with Gasteiger partial charge in [0.1, 0.15) is 13.6 Å². The fourth-order valence-electron chi connectivity index (χ4n) is 7.48. The SMILES string of the molecule is CC(C)C[C@@H]1C[C@H](C(=O)N[C@@H](Cc2c[nH]c3ccccc23)C(=O)O)N[C@H](P(=O)([O-])O)[C@H]1CCN1C(=O)c2cccc3cccc(c23)C1=O.[Na+]. The minimum absolute atomic E-state index is 0. The molecule has 3 aromatic carbocycles. The summed E-state index contributed by atoms with van der Waals surface area (Å²) in [7, 11) is -5.12. The molecule has 14 heteroatoms. The Kier molecular flexibility index (Phi) is 11.2. The van der Waals surface area contributed by atoms with Crippen LogP contribution in [0.3, 0.4) is 0 Å². The molecule has 5 N–H and O–H groups in total. The standard InChI is InChI=1S/C35H39N4O8P.Na/c1-19(2)15-21-16-28(31(40)37-29(35(43)44)17-22-18-36-27-12-4-3-9-23(22)27)38-32(48(45,46)47)24(21)13-14-39-33(41)25-10-5-7-20-8-6-11-26(30(20)25)34(39)42;/h3-12,18-19,21,24,28-29,32,36,38H,13-17H2,1-2H3,(H,37,40)(H,43,44)(H2,45,46,47);/q;+1/p-1/t21-,24+,28-,29+,32-;/m1./s1. The normalized spacial score (nSPS) is 22.5. The number of H-pyrrole nitrogens is 1. The van der Waals surface area contributed by atoms with Crippen LogP contribution in [0.15, 0.2) is 66.9 Å². The van der Waals surface area contributed by atoms with Gasteiger partial charge in [-0.15, -0.1) is 0 Å². The Hall–Kier alpha value is -3.35. The van der Waals surface area contributed by atoms with Crippen molar-refractivity contribution in [1.82, 2.24) is 20.5 Å². The molecule has 1 aromatic heterocycles. The molecule has 3 heterocycles. The number of amides is 3. The van der Waals surface area contributed by atoms with E-state index in [2.05, 4.69) is 15.6 Å². The molecule has 4 aromatic rings. The van der Waals surface area contributed by atoms with Crippen molar-refractivity contribution in [3.8, 4) is 0 Å². The first-order valence-corrected chi connectivity index (χ1v) is 17.7. The smallest absolute Gasteiger partial charge is 0.778 e. The van der Waals surface area contributed by atoms with Crippen LogP contribution < -0.4 is 45.1 Å². The number of para-hydroxylation sites is 1. The Balaban J connectivity index is 0.00000468. The molecule has 3 amide bonds. The summed E-state index contributed by atoms with van der Waals surface area (Å²) in [6.45, 7) is 3.81. The molecule has 2 aliphatic rings. The van der Waals surface area contributed by atoms with E-state index in [0.29, 0.717) is 28.5 Å². The van der Waals surface area contributed by atoms with Gasteiger partial charge < -0.3 is 29.8 Å². The number of aromatic amines is 1. The van der Waals surface area contributed by atoms with E-state index >= 15 is 0 Å². The zero-order chi connectivity index (χ0) is 34.3. The van der Waals surface area contributed by atoms with Gasteiger partial charge in [-0.2, -0.15) is 0 Å². The molecule has 1 fully saturated rings. The zero-order valence-corrected chi connectivity index (χ0v) is 30.5. The number of benzene rings is 3. The topological polar surface area (TPSA) is 192 Å². The first-order valence-electron chi connectivity index (χ1n) is 16.1. The van der Waals surface area contributed by atoms with Crippen LogP contribution in [0.4, 0.5) is 0 Å². The van der Waals surface area contributed by atoms with Gasteiger partial charge >= 0.3 is 35.5 Å². The fourth-order valence-corrected chi connectivity index (χ4v) is 8.72. The molecule has 0 spiro atoms. The molecule has 252 valence electrons. The first-order chi connectivity index (χ1) is 22.8. The summed E-state index contributed by atoms with van der Waals surface area (Å²) in [6, 6.07) is 15.4. The summed E-state index contributed by atoms with van der Waals surface area (Å²) in [5.41, 5.74) is 2.29. The average Bonchev–Trinajstić information content (AvgIpc) is 3.45. The van der Waals surface area contributed by atoms with Crippen LogP contribution in [0.5, 0.6) is 0 Å². The maximum atomic E-state index is 13.6. The van der Waals surface area contributed by atoms with Crippen molar-refractivity contribution in [2.75, 3.05) is 6.54 Å². The maximum absolute atomic E-state index is 13.6. The minimum Gasteiger partial charge on any atom is -0.778 e. The van der Waals surface area contributed by atoms with Crippen LogP contribution in [-0.4, -0.2) is 68.0 Å². The summed E-state index contributed by atoms with van der Waals surface area (Å²) in [5, 5.41) is 17.5. The van der Waals surface area contributed by atoms with Gasteiger partial charge in [-0.05, 0) is 66.2 Å². The monoisotopic (exact) mass is 696 g/mol. The number of hydrogen-bond acceptors (Lipinski definition) is 7. The number of fused-ring (bicyclic) bond motifs is 1. The van der Waals surface area contributed by atoms with Crippen molar-refractivity contribution in [3.63, 3.8) is 0 Å². The van der Waals surface area contributed by atoms with Gasteiger partial charge in [0.2, 0.25) is 5.91 Å². The van der Waals surface area contributed by atoms with E-state index in [9.17, 15) is 38.6 Å². The Morgan fingerprint density at radius 1 is 1.04 bits per heavy atom. The summed E-state index contributed by atoms with van der Waals surface area (Å²) in [4.78, 5) is 80.4. The molecule has 12 nitrogen and oxygen atoms in total. The number of rotatable bonds is 11. The number of imide groups is 1. The van der Waals surface area contributed by atoms with Crippen LogP contribution in [-0.2, 0) is 20.6 Å². The molecular weight excluding hydrogens is 658 g/mol. The van der Waals surface area contributed by atoms with Gasteiger partial charge in [0.15, 0.2) is 0 Å². The predicted molar refractivity (Wildman–Crippen MR) is 177 cm³/mol. The van der Waals surface area contributed by atoms with E-state index in [4.69, 9.17) is 0 Å². The number of carboxylic acid groups (broad SMARTS) is 1. The van der Waals surface area contributed by atoms with Crippen molar-refractivity contribution in [1.29, 1.82) is 0 Å². The maximum Gasteiger partial charge on any atom is 1.00 e. The summed E-state index contributed by atoms with van der Waals surface area (Å²) in [6.07, 6.45) is 2.41. The summed E-state index contributed by atoms with van der Waals surface area (Å²) in [5.74, 6) is -5.54. The second-order valence-electron chi connectivity index (χ2n) is 13.2. The second kappa shape index (κ2) is 14.9. The Morgan fingerprint density at radius 3 is 2.31 bits per heavy atom. The minimum atomic E-state index is -5.12. The van der Waals surface area contributed by atoms with Crippen molar-refractivity contribution < 1.29 is 68.2 Å². The van der Waals surface area contributed by atoms with E-state index in [1.165, 1.54) is 0 Å². The van der Waals surface area contributed by atoms with Gasteiger partial charge in [-0.25, -0.2) is 4.79 Å². The Labute approximate surface area is 305 Å². The molecule has 6 atom stereocenters. The second-order valence-corrected chi connectivity index (χ2v) is 14.9. The Bertz CT molecular complexity index is 1910. The number of aliphatic carboxylic acids is 1. The molecule has 2 aliphatic heterocycles. The Morgan fingerprint density at radius 2 is 1.69 bits per heavy atom. The van der Waals surface area contributed by atoms with E-state index in [-0.39, 0.29) is 61.3 Å². The van der Waals surface area contributed by atoms with Crippen LogP contribution >= 0.6 is 7.60 Å². The molecule has 0 saturated carbocycles. The molecule has 0 bridgehead atoms. The first kappa shape index (κ1) is 36.9. The molecule has 6 rings (SSSR count). The quantitative estimate of drug-likeness (QED) is 0.0851. The third-order valence-electron chi connectivity index (χ3n) is 9.62. The van der Waals surface area contributed by atoms with Crippen LogP contribution in [0, 0.1) is 17.8 Å².